The van der Waals surface area contributed by atoms with Crippen molar-refractivity contribution in [2.75, 3.05) is 4.43 Å². The minimum absolute atomic E-state index is 0. The lowest BCUT2D eigenvalue weighted by Crippen LogP contribution is -1.33. The fourth-order valence-electron chi connectivity index (χ4n) is 0. The van der Waals surface area contributed by atoms with Crippen LogP contribution in [0.2, 0.25) is 0 Å². The molecule has 4 heavy (non-hydrogen) atoms. The van der Waals surface area contributed by atoms with Gasteiger partial charge in [-0.1, -0.05) is 29.5 Å². The molecule has 0 unspecified atom stereocenters. The van der Waals surface area contributed by atoms with Crippen molar-refractivity contribution in [1.82, 2.24) is 0 Å². The van der Waals surface area contributed by atoms with Crippen LogP contribution in [-0.2, 0) is 0 Å². The SMILES string of the molecule is Br.CCI. The van der Waals surface area contributed by atoms with Gasteiger partial charge in [-0.3, -0.25) is 0 Å². The molecule has 0 aromatic rings. The molecule has 0 N–H and O–H groups in total. The van der Waals surface area contributed by atoms with Crippen LogP contribution in [0, 0.1) is 0 Å². The Bertz CT molecular complexity index is 6.00. The summed E-state index contributed by atoms with van der Waals surface area (Å²) >= 11 is 2.29. The van der Waals surface area contributed by atoms with Crippen LogP contribution in [0.4, 0.5) is 0 Å². The highest BCUT2D eigenvalue weighted by Crippen LogP contribution is 1.69. The molecular weight excluding hydrogens is 231 g/mol. The molecule has 0 aliphatic carbocycles. The van der Waals surface area contributed by atoms with Crippen LogP contribution >= 0.6 is 39.6 Å². The second kappa shape index (κ2) is 8.88. The third-order valence-electron chi connectivity index (χ3n) is 0. The van der Waals surface area contributed by atoms with Crippen molar-refractivity contribution in [3.05, 3.63) is 0 Å². The summed E-state index contributed by atoms with van der Waals surface area (Å²) in [5.74, 6) is 0. The van der Waals surface area contributed by atoms with E-state index in [0.717, 1.165) is 0 Å². The molecule has 0 heterocycles. The van der Waals surface area contributed by atoms with E-state index in [-0.39, 0.29) is 17.0 Å². The summed E-state index contributed by atoms with van der Waals surface area (Å²) in [6.45, 7) is 2.11. The minimum atomic E-state index is 0. The van der Waals surface area contributed by atoms with Crippen LogP contribution in [-0.4, -0.2) is 4.43 Å². The van der Waals surface area contributed by atoms with Crippen molar-refractivity contribution >= 4 is 39.6 Å². The fraction of sp³-hybridized carbons (Fsp3) is 1.00. The van der Waals surface area contributed by atoms with Crippen LogP contribution < -0.4 is 0 Å². The zero-order chi connectivity index (χ0) is 2.71. The van der Waals surface area contributed by atoms with Gasteiger partial charge in [0.2, 0.25) is 0 Å². The van der Waals surface area contributed by atoms with Gasteiger partial charge in [-0.15, -0.1) is 17.0 Å². The molecule has 0 spiro atoms. The molecule has 0 radical (unpaired) electrons. The van der Waals surface area contributed by atoms with E-state index < -0.39 is 0 Å². The van der Waals surface area contributed by atoms with Crippen molar-refractivity contribution in [2.24, 2.45) is 0 Å². The van der Waals surface area contributed by atoms with E-state index in [9.17, 15) is 0 Å². The third kappa shape index (κ3) is 10.7. The number of hydrogen-bond donors (Lipinski definition) is 0. The van der Waals surface area contributed by atoms with Gasteiger partial charge in [0.1, 0.15) is 0 Å². The largest absolute Gasteiger partial charge is 0.114 e. The Kier molecular flexibility index (Phi) is 19.9. The van der Waals surface area contributed by atoms with Gasteiger partial charge in [0.05, 0.1) is 0 Å². The highest BCUT2D eigenvalue weighted by molar-refractivity contribution is 14.1. The average Bonchev–Trinajstić information content (AvgIpc) is 0.918. The predicted molar refractivity (Wildman–Crippen MR) is 34.9 cm³/mol. The first kappa shape index (κ1) is 8.96. The monoisotopic (exact) mass is 236 g/mol. The molecule has 0 fully saturated rings. The first-order valence-corrected chi connectivity index (χ1v) is 2.50. The van der Waals surface area contributed by atoms with Gasteiger partial charge in [-0.2, -0.15) is 0 Å². The molecule has 0 aliphatic rings. The summed E-state index contributed by atoms with van der Waals surface area (Å²) in [5.41, 5.74) is 0. The summed E-state index contributed by atoms with van der Waals surface area (Å²) in [6, 6.07) is 0. The molecule has 0 aromatic carbocycles. The maximum absolute atomic E-state index is 2.29. The van der Waals surface area contributed by atoms with E-state index in [1.807, 2.05) is 0 Å². The molecule has 0 amide bonds. The molecule has 0 nitrogen and oxygen atoms in total. The molecule has 0 atom stereocenters. The molecule has 0 aliphatic heterocycles. The molecule has 0 aromatic heterocycles. The predicted octanol–water partition coefficient (Wildman–Crippen LogP) is 2.02. The topological polar surface area (TPSA) is 0 Å². The minimum Gasteiger partial charge on any atom is -0.114 e. The average molecular weight is 237 g/mol. The number of alkyl halides is 1. The van der Waals surface area contributed by atoms with E-state index in [0.29, 0.717) is 0 Å². The zero-order valence-electron chi connectivity index (χ0n) is 2.49. The van der Waals surface area contributed by atoms with Gasteiger partial charge < -0.3 is 0 Å². The highest BCUT2D eigenvalue weighted by atomic mass is 127. The fourth-order valence-corrected chi connectivity index (χ4v) is 0. The van der Waals surface area contributed by atoms with Crippen molar-refractivity contribution < 1.29 is 0 Å². The van der Waals surface area contributed by atoms with Crippen LogP contribution in [0.3, 0.4) is 0 Å². The van der Waals surface area contributed by atoms with E-state index in [1.165, 1.54) is 4.43 Å². The molecule has 28 valence electrons. The molecule has 2 heteroatoms. The Hall–Kier alpha value is 1.21. The molecule has 0 saturated heterocycles. The van der Waals surface area contributed by atoms with Gasteiger partial charge in [0, 0.05) is 0 Å². The second-order valence-electron chi connectivity index (χ2n) is 0.267. The van der Waals surface area contributed by atoms with E-state index >= 15 is 0 Å². The normalized spacial score (nSPS) is 4.50. The lowest BCUT2D eigenvalue weighted by atomic mass is 11.0. The summed E-state index contributed by atoms with van der Waals surface area (Å²) in [4.78, 5) is 0. The maximum atomic E-state index is 2.29. The Morgan fingerprint density at radius 2 is 1.75 bits per heavy atom. The Morgan fingerprint density at radius 1 is 1.75 bits per heavy atom. The lowest BCUT2D eigenvalue weighted by molar-refractivity contribution is 1.58. The van der Waals surface area contributed by atoms with Crippen molar-refractivity contribution in [3.63, 3.8) is 0 Å². The summed E-state index contributed by atoms with van der Waals surface area (Å²) < 4.78 is 1.22. The Labute approximate surface area is 50.9 Å². The van der Waals surface area contributed by atoms with E-state index in [1.54, 1.807) is 0 Å². The number of rotatable bonds is 0. The number of hydrogen-bond acceptors (Lipinski definition) is 0. The quantitative estimate of drug-likeness (QED) is 0.446. The van der Waals surface area contributed by atoms with Gasteiger partial charge in [-0.25, -0.2) is 0 Å². The van der Waals surface area contributed by atoms with Gasteiger partial charge >= 0.3 is 0 Å². The van der Waals surface area contributed by atoms with Crippen molar-refractivity contribution in [2.45, 2.75) is 6.92 Å². The molecule has 0 rings (SSSR count). The third-order valence-corrected chi connectivity index (χ3v) is 0. The van der Waals surface area contributed by atoms with Crippen LogP contribution in [0.1, 0.15) is 6.92 Å². The van der Waals surface area contributed by atoms with Crippen LogP contribution in [0.25, 0.3) is 0 Å². The molecular formula is C2H6BrI. The summed E-state index contributed by atoms with van der Waals surface area (Å²) in [7, 11) is 0. The Morgan fingerprint density at radius 3 is 1.75 bits per heavy atom. The van der Waals surface area contributed by atoms with Gasteiger partial charge in [0.15, 0.2) is 0 Å². The standard InChI is InChI=1S/C2H5I.BrH/c1-2-3;/h2H2,1H3;1H. The highest BCUT2D eigenvalue weighted by Gasteiger charge is 1.38. The summed E-state index contributed by atoms with van der Waals surface area (Å²) in [6.07, 6.45) is 0. The molecule has 0 saturated carbocycles. The van der Waals surface area contributed by atoms with Crippen LogP contribution in [0.15, 0.2) is 0 Å². The summed E-state index contributed by atoms with van der Waals surface area (Å²) in [5, 5.41) is 0. The van der Waals surface area contributed by atoms with Crippen LogP contribution in [0.5, 0.6) is 0 Å². The number of halogens is 2. The van der Waals surface area contributed by atoms with Gasteiger partial charge in [-0.05, 0) is 4.43 Å². The van der Waals surface area contributed by atoms with E-state index in [2.05, 4.69) is 29.5 Å². The zero-order valence-corrected chi connectivity index (χ0v) is 6.36. The maximum Gasteiger partial charge on any atom is -0.00332 e. The first-order chi connectivity index (χ1) is 1.41. The lowest BCUT2D eigenvalue weighted by Gasteiger charge is -1.45. The van der Waals surface area contributed by atoms with Crippen molar-refractivity contribution in [3.8, 4) is 0 Å². The smallest absolute Gasteiger partial charge is 0.00332 e. The first-order valence-electron chi connectivity index (χ1n) is 0.974. The second-order valence-corrected chi connectivity index (χ2v) is 1.79. The van der Waals surface area contributed by atoms with E-state index in [4.69, 9.17) is 0 Å². The molecule has 0 bridgehead atoms. The van der Waals surface area contributed by atoms with Crippen molar-refractivity contribution in [1.29, 1.82) is 0 Å². The van der Waals surface area contributed by atoms with Gasteiger partial charge in [0.25, 0.3) is 0 Å². The Balaban J connectivity index is 0.